The van der Waals surface area contributed by atoms with Crippen LogP contribution in [-0.2, 0) is 6.42 Å². The van der Waals surface area contributed by atoms with Gasteiger partial charge in [0.15, 0.2) is 0 Å². The molecular formula is C16H19ClFN3. The van der Waals surface area contributed by atoms with E-state index in [4.69, 9.17) is 17.3 Å². The molecule has 112 valence electrons. The average molecular weight is 308 g/mol. The van der Waals surface area contributed by atoms with Crippen LogP contribution in [0.4, 0.5) is 10.2 Å². The summed E-state index contributed by atoms with van der Waals surface area (Å²) < 4.78 is 14.1. The Morgan fingerprint density at radius 3 is 2.90 bits per heavy atom. The number of benzene rings is 1. The van der Waals surface area contributed by atoms with Crippen LogP contribution in [0.5, 0.6) is 0 Å². The van der Waals surface area contributed by atoms with E-state index in [1.165, 1.54) is 0 Å². The van der Waals surface area contributed by atoms with Crippen molar-refractivity contribution < 1.29 is 4.39 Å². The third kappa shape index (κ3) is 3.71. The van der Waals surface area contributed by atoms with Gasteiger partial charge in [-0.05, 0) is 43.1 Å². The van der Waals surface area contributed by atoms with Crippen LogP contribution in [0.25, 0.3) is 0 Å². The number of nitrogens with two attached hydrogens (primary N) is 1. The SMILES string of the molecule is CCNC(Cc1cccc(Cl)c1F)c1cc(C)cnc1N. The predicted molar refractivity (Wildman–Crippen MR) is 84.9 cm³/mol. The number of hydrogen-bond donors (Lipinski definition) is 2. The van der Waals surface area contributed by atoms with Gasteiger partial charge in [-0.1, -0.05) is 30.7 Å². The number of aryl methyl sites for hydroxylation is 1. The van der Waals surface area contributed by atoms with E-state index in [9.17, 15) is 4.39 Å². The summed E-state index contributed by atoms with van der Waals surface area (Å²) >= 11 is 5.84. The van der Waals surface area contributed by atoms with Gasteiger partial charge in [0.2, 0.25) is 0 Å². The van der Waals surface area contributed by atoms with Gasteiger partial charge in [0.25, 0.3) is 0 Å². The summed E-state index contributed by atoms with van der Waals surface area (Å²) in [4.78, 5) is 4.18. The maximum Gasteiger partial charge on any atom is 0.145 e. The zero-order valence-electron chi connectivity index (χ0n) is 12.2. The van der Waals surface area contributed by atoms with Gasteiger partial charge in [0.1, 0.15) is 11.6 Å². The Labute approximate surface area is 129 Å². The topological polar surface area (TPSA) is 50.9 Å². The maximum atomic E-state index is 14.1. The number of pyridine rings is 1. The van der Waals surface area contributed by atoms with Gasteiger partial charge in [-0.15, -0.1) is 0 Å². The molecule has 3 nitrogen and oxygen atoms in total. The molecule has 2 aromatic rings. The highest BCUT2D eigenvalue weighted by atomic mass is 35.5. The largest absolute Gasteiger partial charge is 0.383 e. The van der Waals surface area contributed by atoms with E-state index in [1.54, 1.807) is 24.4 Å². The number of nitrogens with zero attached hydrogens (tertiary/aromatic N) is 1. The minimum atomic E-state index is -0.374. The number of hydrogen-bond acceptors (Lipinski definition) is 3. The first-order chi connectivity index (χ1) is 10.0. The monoisotopic (exact) mass is 307 g/mol. The fourth-order valence-corrected chi connectivity index (χ4v) is 2.54. The Hall–Kier alpha value is -1.65. The van der Waals surface area contributed by atoms with E-state index >= 15 is 0 Å². The highest BCUT2D eigenvalue weighted by Crippen LogP contribution is 2.26. The molecule has 0 radical (unpaired) electrons. The Kier molecular flexibility index (Phi) is 5.15. The quantitative estimate of drug-likeness (QED) is 0.886. The normalized spacial score (nSPS) is 12.4. The van der Waals surface area contributed by atoms with Gasteiger partial charge >= 0.3 is 0 Å². The van der Waals surface area contributed by atoms with Gasteiger partial charge < -0.3 is 11.1 Å². The van der Waals surface area contributed by atoms with Crippen LogP contribution in [0.2, 0.25) is 5.02 Å². The molecule has 0 saturated heterocycles. The molecule has 0 bridgehead atoms. The molecule has 0 spiro atoms. The minimum absolute atomic E-state index is 0.102. The Morgan fingerprint density at radius 1 is 1.43 bits per heavy atom. The van der Waals surface area contributed by atoms with Crippen molar-refractivity contribution in [3.05, 3.63) is 58.0 Å². The third-order valence-corrected chi connectivity index (χ3v) is 3.66. The molecule has 1 atom stereocenters. The number of halogens is 2. The molecule has 1 aromatic carbocycles. The molecular weight excluding hydrogens is 289 g/mol. The summed E-state index contributed by atoms with van der Waals surface area (Å²) in [6, 6.07) is 6.92. The van der Waals surface area contributed by atoms with Gasteiger partial charge in [0.05, 0.1) is 5.02 Å². The molecule has 21 heavy (non-hydrogen) atoms. The third-order valence-electron chi connectivity index (χ3n) is 3.37. The number of anilines is 1. The second kappa shape index (κ2) is 6.87. The summed E-state index contributed by atoms with van der Waals surface area (Å²) in [6.07, 6.45) is 2.19. The Bertz CT molecular complexity index is 631. The molecule has 3 N–H and O–H groups in total. The number of likely N-dealkylation sites (N-methyl/N-ethyl adjacent to an activating group) is 1. The van der Waals surface area contributed by atoms with Crippen LogP contribution in [0.15, 0.2) is 30.5 Å². The lowest BCUT2D eigenvalue weighted by atomic mass is 9.98. The fraction of sp³-hybridized carbons (Fsp3) is 0.312. The lowest BCUT2D eigenvalue weighted by Crippen LogP contribution is -2.24. The summed E-state index contributed by atoms with van der Waals surface area (Å²) in [5.41, 5.74) is 8.44. The molecule has 0 aliphatic heterocycles. The van der Waals surface area contributed by atoms with Gasteiger partial charge in [-0.2, -0.15) is 0 Å². The van der Waals surface area contributed by atoms with Crippen molar-refractivity contribution in [2.24, 2.45) is 0 Å². The van der Waals surface area contributed by atoms with Crippen LogP contribution >= 0.6 is 11.6 Å². The zero-order valence-corrected chi connectivity index (χ0v) is 12.9. The first-order valence-corrected chi connectivity index (χ1v) is 7.29. The highest BCUT2D eigenvalue weighted by molar-refractivity contribution is 6.30. The van der Waals surface area contributed by atoms with Crippen LogP contribution in [0.3, 0.4) is 0 Å². The van der Waals surface area contributed by atoms with E-state index in [1.807, 2.05) is 19.9 Å². The number of aromatic nitrogens is 1. The smallest absolute Gasteiger partial charge is 0.145 e. The Balaban J connectivity index is 2.35. The average Bonchev–Trinajstić information content (AvgIpc) is 2.46. The van der Waals surface area contributed by atoms with E-state index in [-0.39, 0.29) is 16.9 Å². The second-order valence-electron chi connectivity index (χ2n) is 5.01. The molecule has 0 aliphatic rings. The summed E-state index contributed by atoms with van der Waals surface area (Å²) in [6.45, 7) is 4.71. The molecule has 1 aromatic heterocycles. The molecule has 0 fully saturated rings. The van der Waals surface area contributed by atoms with E-state index in [2.05, 4.69) is 10.3 Å². The summed E-state index contributed by atoms with van der Waals surface area (Å²) in [5, 5.41) is 3.47. The number of nitrogen functional groups attached to an aromatic ring is 1. The fourth-order valence-electron chi connectivity index (χ4n) is 2.35. The predicted octanol–water partition coefficient (Wildman–Crippen LogP) is 3.66. The summed E-state index contributed by atoms with van der Waals surface area (Å²) in [7, 11) is 0. The van der Waals surface area contributed by atoms with E-state index in [0.717, 1.165) is 17.7 Å². The molecule has 0 saturated carbocycles. The zero-order chi connectivity index (χ0) is 15.4. The summed E-state index contributed by atoms with van der Waals surface area (Å²) in [5.74, 6) is 0.0928. The molecule has 1 unspecified atom stereocenters. The van der Waals surface area contributed by atoms with Gasteiger partial charge in [0, 0.05) is 17.8 Å². The lowest BCUT2D eigenvalue weighted by molar-refractivity contribution is 0.528. The van der Waals surface area contributed by atoms with Crippen molar-refractivity contribution >= 4 is 17.4 Å². The van der Waals surface area contributed by atoms with E-state index in [0.29, 0.717) is 17.8 Å². The van der Waals surface area contributed by atoms with Crippen LogP contribution in [0.1, 0.15) is 29.7 Å². The van der Waals surface area contributed by atoms with Crippen LogP contribution in [-0.4, -0.2) is 11.5 Å². The van der Waals surface area contributed by atoms with Crippen molar-refractivity contribution in [3.8, 4) is 0 Å². The number of rotatable bonds is 5. The molecule has 5 heteroatoms. The highest BCUT2D eigenvalue weighted by Gasteiger charge is 2.18. The molecule has 2 rings (SSSR count). The van der Waals surface area contributed by atoms with Gasteiger partial charge in [-0.3, -0.25) is 0 Å². The lowest BCUT2D eigenvalue weighted by Gasteiger charge is -2.20. The first kappa shape index (κ1) is 15.7. The van der Waals surface area contributed by atoms with E-state index < -0.39 is 0 Å². The number of nitrogens with one attached hydrogen (secondary N) is 1. The van der Waals surface area contributed by atoms with Crippen molar-refractivity contribution in [3.63, 3.8) is 0 Å². The maximum absolute atomic E-state index is 14.1. The standard InChI is InChI=1S/C16H19ClFN3/c1-3-20-14(12-7-10(2)9-21-16(12)19)8-11-5-4-6-13(17)15(11)18/h4-7,9,14,20H,3,8H2,1-2H3,(H2,19,21). The van der Waals surface area contributed by atoms with Gasteiger partial charge in [-0.25, -0.2) is 9.37 Å². The van der Waals surface area contributed by atoms with Crippen molar-refractivity contribution in [2.45, 2.75) is 26.3 Å². The molecule has 0 aliphatic carbocycles. The Morgan fingerprint density at radius 2 is 2.19 bits per heavy atom. The molecule has 1 heterocycles. The molecule has 0 amide bonds. The first-order valence-electron chi connectivity index (χ1n) is 6.91. The second-order valence-corrected chi connectivity index (χ2v) is 5.42. The van der Waals surface area contributed by atoms with Crippen molar-refractivity contribution in [1.82, 2.24) is 10.3 Å². The van der Waals surface area contributed by atoms with Crippen LogP contribution in [0, 0.1) is 12.7 Å². The van der Waals surface area contributed by atoms with Crippen molar-refractivity contribution in [2.75, 3.05) is 12.3 Å². The van der Waals surface area contributed by atoms with Crippen molar-refractivity contribution in [1.29, 1.82) is 0 Å². The van der Waals surface area contributed by atoms with Crippen LogP contribution < -0.4 is 11.1 Å². The minimum Gasteiger partial charge on any atom is -0.383 e.